The van der Waals surface area contributed by atoms with E-state index in [1.165, 1.54) is 36.3 Å². The number of hydrogen-bond acceptors (Lipinski definition) is 2. The van der Waals surface area contributed by atoms with Crippen LogP contribution in [-0.4, -0.2) is 22.9 Å². The summed E-state index contributed by atoms with van der Waals surface area (Å²) in [6, 6.07) is 2.88. The molecule has 202 valence electrons. The Morgan fingerprint density at radius 2 is 1.76 bits per heavy atom. The van der Waals surface area contributed by atoms with Crippen molar-refractivity contribution in [3.05, 3.63) is 41.5 Å². The number of anilines is 1. The Morgan fingerprint density at radius 3 is 2.43 bits per heavy atom. The number of carbonyl (C=O) groups excluding carboxylic acids is 2. The molecular formula is C30H39F3N2O2. The van der Waals surface area contributed by atoms with Gasteiger partial charge in [-0.2, -0.15) is 13.2 Å². The summed E-state index contributed by atoms with van der Waals surface area (Å²) < 4.78 is 42.0. The molecule has 0 radical (unpaired) electrons. The van der Waals surface area contributed by atoms with E-state index in [-0.39, 0.29) is 17.1 Å². The first-order chi connectivity index (χ1) is 17.1. The first-order valence-corrected chi connectivity index (χ1v) is 13.7. The largest absolute Gasteiger partial charge is 0.418 e. The number of hydrogen-bond donors (Lipinski definition) is 1. The molecule has 5 rings (SSSR count). The summed E-state index contributed by atoms with van der Waals surface area (Å²) >= 11 is 0. The Bertz CT molecular complexity index is 1140. The molecule has 1 aromatic rings. The van der Waals surface area contributed by atoms with Gasteiger partial charge in [0.2, 0.25) is 0 Å². The third-order valence-corrected chi connectivity index (χ3v) is 10.3. The van der Waals surface area contributed by atoms with Crippen molar-refractivity contribution in [2.75, 3.05) is 5.32 Å². The third kappa shape index (κ3) is 4.30. The Balaban J connectivity index is 1.44. The maximum Gasteiger partial charge on any atom is 0.418 e. The van der Waals surface area contributed by atoms with Gasteiger partial charge in [0.15, 0.2) is 0 Å². The van der Waals surface area contributed by atoms with Gasteiger partial charge in [-0.15, -0.1) is 0 Å². The summed E-state index contributed by atoms with van der Waals surface area (Å²) in [5.41, 5.74) is -1.15. The molecule has 7 heteroatoms. The van der Waals surface area contributed by atoms with E-state index in [4.69, 9.17) is 0 Å². The van der Waals surface area contributed by atoms with Crippen molar-refractivity contribution in [1.29, 1.82) is 0 Å². The molecule has 3 fully saturated rings. The van der Waals surface area contributed by atoms with Crippen LogP contribution in [0.3, 0.4) is 0 Å². The first kappa shape index (κ1) is 26.3. The van der Waals surface area contributed by atoms with Crippen LogP contribution in [0.25, 0.3) is 0 Å². The van der Waals surface area contributed by atoms with Crippen LogP contribution in [0.2, 0.25) is 0 Å². The van der Waals surface area contributed by atoms with Gasteiger partial charge in [0.25, 0.3) is 5.91 Å². The van der Waals surface area contributed by atoms with E-state index in [9.17, 15) is 22.8 Å². The highest BCUT2D eigenvalue weighted by Crippen LogP contribution is 2.64. The van der Waals surface area contributed by atoms with Crippen LogP contribution in [0.1, 0.15) is 90.7 Å². The van der Waals surface area contributed by atoms with Crippen molar-refractivity contribution in [2.45, 2.75) is 97.2 Å². The molecule has 3 aliphatic carbocycles. The Labute approximate surface area is 218 Å². The number of urea groups is 1. The molecule has 6 atom stereocenters. The number of benzene rings is 1. The second-order valence-electron chi connectivity index (χ2n) is 13.4. The van der Waals surface area contributed by atoms with Crippen LogP contribution < -0.4 is 5.32 Å². The van der Waals surface area contributed by atoms with Crippen molar-refractivity contribution in [1.82, 2.24) is 4.90 Å². The van der Waals surface area contributed by atoms with Gasteiger partial charge in [0.05, 0.1) is 17.3 Å². The quantitative estimate of drug-likeness (QED) is 0.412. The van der Waals surface area contributed by atoms with Gasteiger partial charge < -0.3 is 5.32 Å². The molecule has 0 aromatic heterocycles. The molecule has 0 unspecified atom stereocenters. The van der Waals surface area contributed by atoms with Crippen LogP contribution in [0, 0.1) is 28.6 Å². The molecule has 3 saturated carbocycles. The molecule has 0 saturated heterocycles. The average molecular weight is 517 g/mol. The lowest BCUT2D eigenvalue weighted by Crippen LogP contribution is -2.62. The first-order valence-electron chi connectivity index (χ1n) is 13.7. The standard InChI is InChI=1S/C30H39F3N2O2/c1-27(2,3)18-8-10-23(22(17-18)30(31,32)33)34-26(37)35-24-11-9-19-20-7-6-14-28(20,4)15-12-21(19)29(24,5)16-13-25(35)36/h8,10,13,16-17,19-21,24H,6-7,9,11-12,14-15H2,1-5H3,(H,34,37)/t19-,20-,21-,24+,28-,29+/m0/s1. The Morgan fingerprint density at radius 1 is 1.03 bits per heavy atom. The highest BCUT2D eigenvalue weighted by Gasteiger charge is 2.59. The minimum absolute atomic E-state index is 0.317. The van der Waals surface area contributed by atoms with Crippen molar-refractivity contribution in [3.8, 4) is 0 Å². The molecule has 4 aliphatic rings. The zero-order valence-corrected chi connectivity index (χ0v) is 22.5. The number of amides is 3. The van der Waals surface area contributed by atoms with Gasteiger partial charge in [-0.05, 0) is 84.8 Å². The molecule has 1 aromatic carbocycles. The van der Waals surface area contributed by atoms with Crippen molar-refractivity contribution in [3.63, 3.8) is 0 Å². The zero-order valence-electron chi connectivity index (χ0n) is 22.5. The van der Waals surface area contributed by atoms with Gasteiger partial charge in [0, 0.05) is 11.5 Å². The summed E-state index contributed by atoms with van der Waals surface area (Å²) in [7, 11) is 0. The van der Waals surface area contributed by atoms with Gasteiger partial charge in [-0.25, -0.2) is 4.79 Å². The van der Waals surface area contributed by atoms with Crippen LogP contribution in [0.15, 0.2) is 30.4 Å². The van der Waals surface area contributed by atoms with Crippen molar-refractivity contribution in [2.24, 2.45) is 28.6 Å². The van der Waals surface area contributed by atoms with Crippen molar-refractivity contribution < 1.29 is 22.8 Å². The minimum atomic E-state index is -4.64. The molecule has 3 amide bonds. The number of fused-ring (bicyclic) bond motifs is 5. The van der Waals surface area contributed by atoms with Crippen LogP contribution in [0.4, 0.5) is 23.7 Å². The highest BCUT2D eigenvalue weighted by molar-refractivity contribution is 6.06. The van der Waals surface area contributed by atoms with Crippen LogP contribution in [0.5, 0.6) is 0 Å². The van der Waals surface area contributed by atoms with Crippen LogP contribution >= 0.6 is 0 Å². The fourth-order valence-electron chi connectivity index (χ4n) is 8.26. The second kappa shape index (κ2) is 8.60. The monoisotopic (exact) mass is 516 g/mol. The maximum absolute atomic E-state index is 14.0. The molecule has 37 heavy (non-hydrogen) atoms. The van der Waals surface area contributed by atoms with E-state index in [0.29, 0.717) is 35.2 Å². The van der Waals surface area contributed by atoms with E-state index in [1.807, 2.05) is 26.8 Å². The topological polar surface area (TPSA) is 49.4 Å². The third-order valence-electron chi connectivity index (χ3n) is 10.3. The molecule has 0 bridgehead atoms. The number of nitrogens with one attached hydrogen (secondary N) is 1. The maximum atomic E-state index is 14.0. The van der Waals surface area contributed by atoms with E-state index < -0.39 is 29.1 Å². The lowest BCUT2D eigenvalue weighted by atomic mass is 9.48. The lowest BCUT2D eigenvalue weighted by Gasteiger charge is -2.59. The Hall–Kier alpha value is -2.31. The number of carbonyl (C=O) groups is 2. The SMILES string of the molecule is CC(C)(C)c1ccc(NC(=O)N2C(=O)C=C[C@]3(C)[C@H]4CC[C@]5(C)CCC[C@H]5[C@@H]4CC[C@@H]23)c(C(F)(F)F)c1. The predicted molar refractivity (Wildman–Crippen MR) is 138 cm³/mol. The minimum Gasteiger partial charge on any atom is -0.307 e. The lowest BCUT2D eigenvalue weighted by molar-refractivity contribution is -0.137. The van der Waals surface area contributed by atoms with Crippen LogP contribution in [-0.2, 0) is 16.4 Å². The average Bonchev–Trinajstić information content (AvgIpc) is 3.20. The summed E-state index contributed by atoms with van der Waals surface area (Å²) in [5, 5.41) is 2.47. The smallest absolute Gasteiger partial charge is 0.307 e. The van der Waals surface area contributed by atoms with E-state index in [2.05, 4.69) is 19.2 Å². The molecule has 1 N–H and O–H groups in total. The number of halogens is 3. The van der Waals surface area contributed by atoms with E-state index in [0.717, 1.165) is 25.3 Å². The number of alkyl halides is 3. The molecule has 1 aliphatic heterocycles. The van der Waals surface area contributed by atoms with Gasteiger partial charge >= 0.3 is 12.2 Å². The number of rotatable bonds is 1. The van der Waals surface area contributed by atoms with Gasteiger partial charge in [0.1, 0.15) is 0 Å². The molecule has 1 heterocycles. The highest BCUT2D eigenvalue weighted by atomic mass is 19.4. The fraction of sp³-hybridized carbons (Fsp3) is 0.667. The number of nitrogens with zero attached hydrogens (tertiary/aromatic N) is 1. The summed E-state index contributed by atoms with van der Waals surface area (Å²) in [4.78, 5) is 27.8. The fourth-order valence-corrected chi connectivity index (χ4v) is 8.26. The summed E-state index contributed by atoms with van der Waals surface area (Å²) in [5.74, 6) is 1.14. The van der Waals surface area contributed by atoms with Gasteiger partial charge in [-0.1, -0.05) is 53.2 Å². The Kier molecular flexibility index (Phi) is 6.12. The molecular weight excluding hydrogens is 477 g/mol. The molecule has 0 spiro atoms. The number of imide groups is 1. The predicted octanol–water partition coefficient (Wildman–Crippen LogP) is 7.93. The normalized spacial score (nSPS) is 35.6. The van der Waals surface area contributed by atoms with Gasteiger partial charge in [-0.3, -0.25) is 9.69 Å². The summed E-state index contributed by atoms with van der Waals surface area (Å²) in [6.45, 7) is 10.1. The van der Waals surface area contributed by atoms with Crippen molar-refractivity contribution >= 4 is 17.6 Å². The second-order valence-corrected chi connectivity index (χ2v) is 13.4. The summed E-state index contributed by atoms with van der Waals surface area (Å²) in [6.07, 6.45) is 6.46. The zero-order chi connectivity index (χ0) is 27.0. The van der Waals surface area contributed by atoms with E-state index in [1.54, 1.807) is 6.07 Å². The van der Waals surface area contributed by atoms with E-state index >= 15 is 0 Å². The molecule has 4 nitrogen and oxygen atoms in total.